The molecule has 0 bridgehead atoms. The Hall–Kier alpha value is -0.120. The summed E-state index contributed by atoms with van der Waals surface area (Å²) in [5, 5.41) is 0. The fourth-order valence-corrected chi connectivity index (χ4v) is 2.88. The van der Waals surface area contributed by atoms with Crippen LogP contribution in [0.4, 0.5) is 0 Å². The lowest BCUT2D eigenvalue weighted by Gasteiger charge is -2.36. The molecule has 0 amide bonds. The molecule has 0 radical (unpaired) electrons. The molecule has 2 fully saturated rings. The van der Waals surface area contributed by atoms with Crippen LogP contribution >= 0.6 is 0 Å². The maximum atomic E-state index is 5.42. The zero-order chi connectivity index (χ0) is 10.7. The molecular formula is C12H24N2O. The summed E-state index contributed by atoms with van der Waals surface area (Å²) in [5.41, 5.74) is 0. The number of hydrogen-bond donors (Lipinski definition) is 0. The molecule has 3 heteroatoms. The molecule has 2 saturated heterocycles. The third-order valence-electron chi connectivity index (χ3n) is 4.03. The second kappa shape index (κ2) is 5.28. The van der Waals surface area contributed by atoms with Crippen LogP contribution < -0.4 is 0 Å². The van der Waals surface area contributed by atoms with Crippen LogP contribution in [0, 0.1) is 0 Å². The normalized spacial score (nSPS) is 31.2. The highest BCUT2D eigenvalue weighted by Gasteiger charge is 2.30. The molecule has 0 aromatic carbocycles. The monoisotopic (exact) mass is 212 g/mol. The van der Waals surface area contributed by atoms with Crippen molar-refractivity contribution in [2.75, 3.05) is 39.8 Å². The van der Waals surface area contributed by atoms with E-state index in [1.807, 2.05) is 7.11 Å². The number of piperidine rings is 1. The van der Waals surface area contributed by atoms with Crippen molar-refractivity contribution >= 4 is 0 Å². The molecule has 0 spiro atoms. The molecule has 2 heterocycles. The first-order valence-corrected chi connectivity index (χ1v) is 6.32. The number of hydrogen-bond acceptors (Lipinski definition) is 3. The second-order valence-electron chi connectivity index (χ2n) is 4.81. The van der Waals surface area contributed by atoms with E-state index in [1.165, 1.54) is 45.4 Å². The summed E-state index contributed by atoms with van der Waals surface area (Å²) in [5.74, 6) is 0. The first-order chi connectivity index (χ1) is 7.33. The van der Waals surface area contributed by atoms with Gasteiger partial charge in [-0.1, -0.05) is 6.92 Å². The Bertz CT molecular complexity index is 190. The van der Waals surface area contributed by atoms with Crippen LogP contribution in [-0.4, -0.2) is 61.8 Å². The standard InChI is InChI=1S/C12H24N2O/c1-3-13-7-4-11(5-8-13)14-9-6-12(10-14)15-2/h11-12H,3-10H2,1-2H3. The summed E-state index contributed by atoms with van der Waals surface area (Å²) < 4.78 is 5.42. The van der Waals surface area contributed by atoms with E-state index in [2.05, 4.69) is 16.7 Å². The highest BCUT2D eigenvalue weighted by molar-refractivity contribution is 4.85. The van der Waals surface area contributed by atoms with E-state index in [-0.39, 0.29) is 0 Å². The van der Waals surface area contributed by atoms with Gasteiger partial charge in [-0.3, -0.25) is 4.90 Å². The van der Waals surface area contributed by atoms with Crippen LogP contribution in [0.1, 0.15) is 26.2 Å². The van der Waals surface area contributed by atoms with Crippen molar-refractivity contribution < 1.29 is 4.74 Å². The highest BCUT2D eigenvalue weighted by Crippen LogP contribution is 2.22. The van der Waals surface area contributed by atoms with Gasteiger partial charge in [-0.15, -0.1) is 0 Å². The number of rotatable bonds is 3. The van der Waals surface area contributed by atoms with E-state index in [1.54, 1.807) is 0 Å². The first kappa shape index (κ1) is 11.4. The Morgan fingerprint density at radius 2 is 1.87 bits per heavy atom. The van der Waals surface area contributed by atoms with Crippen LogP contribution in [0.5, 0.6) is 0 Å². The van der Waals surface area contributed by atoms with Crippen LogP contribution in [0.25, 0.3) is 0 Å². The maximum Gasteiger partial charge on any atom is 0.0710 e. The van der Waals surface area contributed by atoms with Crippen LogP contribution in [0.2, 0.25) is 0 Å². The van der Waals surface area contributed by atoms with Crippen molar-refractivity contribution in [2.24, 2.45) is 0 Å². The molecule has 2 aliphatic rings. The van der Waals surface area contributed by atoms with E-state index in [4.69, 9.17) is 4.74 Å². The lowest BCUT2D eigenvalue weighted by Crippen LogP contribution is -2.44. The molecule has 0 saturated carbocycles. The van der Waals surface area contributed by atoms with E-state index < -0.39 is 0 Å². The largest absolute Gasteiger partial charge is 0.380 e. The van der Waals surface area contributed by atoms with Crippen molar-refractivity contribution in [1.29, 1.82) is 0 Å². The fraction of sp³-hybridized carbons (Fsp3) is 1.00. The Morgan fingerprint density at radius 1 is 1.13 bits per heavy atom. The minimum atomic E-state index is 0.495. The van der Waals surface area contributed by atoms with Gasteiger partial charge in [-0.05, 0) is 38.9 Å². The summed E-state index contributed by atoms with van der Waals surface area (Å²) >= 11 is 0. The predicted molar refractivity (Wildman–Crippen MR) is 62.1 cm³/mol. The molecule has 1 unspecified atom stereocenters. The summed E-state index contributed by atoms with van der Waals surface area (Å²) in [6.07, 6.45) is 4.42. The van der Waals surface area contributed by atoms with Gasteiger partial charge in [0.15, 0.2) is 0 Å². The second-order valence-corrected chi connectivity index (χ2v) is 4.81. The van der Waals surface area contributed by atoms with E-state index in [9.17, 15) is 0 Å². The van der Waals surface area contributed by atoms with Gasteiger partial charge >= 0.3 is 0 Å². The molecule has 3 nitrogen and oxygen atoms in total. The topological polar surface area (TPSA) is 15.7 Å². The van der Waals surface area contributed by atoms with E-state index in [0.29, 0.717) is 6.10 Å². The van der Waals surface area contributed by atoms with Crippen LogP contribution in [0.15, 0.2) is 0 Å². The fourth-order valence-electron chi connectivity index (χ4n) is 2.88. The molecule has 2 aliphatic heterocycles. The van der Waals surface area contributed by atoms with Crippen LogP contribution in [-0.2, 0) is 4.74 Å². The third kappa shape index (κ3) is 2.71. The molecule has 1 atom stereocenters. The van der Waals surface area contributed by atoms with E-state index >= 15 is 0 Å². The Morgan fingerprint density at radius 3 is 2.40 bits per heavy atom. The van der Waals surface area contributed by atoms with Crippen LogP contribution in [0.3, 0.4) is 0 Å². The molecule has 0 aromatic heterocycles. The minimum absolute atomic E-state index is 0.495. The van der Waals surface area contributed by atoms with Gasteiger partial charge in [0.1, 0.15) is 0 Å². The molecule has 88 valence electrons. The smallest absolute Gasteiger partial charge is 0.0710 e. The summed E-state index contributed by atoms with van der Waals surface area (Å²) in [6.45, 7) is 8.46. The van der Waals surface area contributed by atoms with E-state index in [0.717, 1.165) is 12.6 Å². The molecule has 2 rings (SSSR count). The SMILES string of the molecule is CCN1CCC(N2CCC(OC)C2)CC1. The average Bonchev–Trinajstić information content (AvgIpc) is 2.78. The van der Waals surface area contributed by atoms with Crippen molar-refractivity contribution in [3.8, 4) is 0 Å². The Labute approximate surface area is 93.4 Å². The highest BCUT2D eigenvalue weighted by atomic mass is 16.5. The predicted octanol–water partition coefficient (Wildman–Crippen LogP) is 1.19. The van der Waals surface area contributed by atoms with Gasteiger partial charge in [0.2, 0.25) is 0 Å². The Kier molecular flexibility index (Phi) is 4.00. The van der Waals surface area contributed by atoms with Crippen molar-refractivity contribution in [3.63, 3.8) is 0 Å². The summed E-state index contributed by atoms with van der Waals surface area (Å²) in [4.78, 5) is 5.20. The van der Waals surface area contributed by atoms with Gasteiger partial charge in [0, 0.05) is 26.2 Å². The molecule has 0 aliphatic carbocycles. The lowest BCUT2D eigenvalue weighted by atomic mass is 10.0. The van der Waals surface area contributed by atoms with Gasteiger partial charge < -0.3 is 9.64 Å². The Balaban J connectivity index is 1.76. The molecular weight excluding hydrogens is 188 g/mol. The molecule has 15 heavy (non-hydrogen) atoms. The van der Waals surface area contributed by atoms with Crippen molar-refractivity contribution in [3.05, 3.63) is 0 Å². The number of likely N-dealkylation sites (tertiary alicyclic amines) is 2. The quantitative estimate of drug-likeness (QED) is 0.699. The van der Waals surface area contributed by atoms with Gasteiger partial charge in [-0.25, -0.2) is 0 Å². The van der Waals surface area contributed by atoms with Gasteiger partial charge in [0.25, 0.3) is 0 Å². The number of nitrogens with zero attached hydrogens (tertiary/aromatic N) is 2. The number of methoxy groups -OCH3 is 1. The van der Waals surface area contributed by atoms with Gasteiger partial charge in [0.05, 0.1) is 6.10 Å². The zero-order valence-corrected chi connectivity index (χ0v) is 10.1. The van der Waals surface area contributed by atoms with Crippen molar-refractivity contribution in [2.45, 2.75) is 38.3 Å². The lowest BCUT2D eigenvalue weighted by molar-refractivity contribution is 0.0851. The minimum Gasteiger partial charge on any atom is -0.380 e. The molecule has 0 N–H and O–H groups in total. The maximum absolute atomic E-state index is 5.42. The molecule has 0 aromatic rings. The summed E-state index contributed by atoms with van der Waals surface area (Å²) in [6, 6.07) is 0.827. The number of ether oxygens (including phenoxy) is 1. The zero-order valence-electron chi connectivity index (χ0n) is 10.1. The third-order valence-corrected chi connectivity index (χ3v) is 4.03. The summed E-state index contributed by atoms with van der Waals surface area (Å²) in [7, 11) is 1.84. The van der Waals surface area contributed by atoms with Crippen molar-refractivity contribution in [1.82, 2.24) is 9.80 Å². The van der Waals surface area contributed by atoms with Gasteiger partial charge in [-0.2, -0.15) is 0 Å². The average molecular weight is 212 g/mol. The first-order valence-electron chi connectivity index (χ1n) is 6.32.